The van der Waals surface area contributed by atoms with E-state index in [1.165, 1.54) is 16.7 Å². The van der Waals surface area contributed by atoms with E-state index in [1.807, 2.05) is 0 Å². The van der Waals surface area contributed by atoms with Crippen molar-refractivity contribution in [2.75, 3.05) is 6.61 Å². The van der Waals surface area contributed by atoms with Crippen LogP contribution < -0.4 is 5.73 Å². The topological polar surface area (TPSA) is 35.2 Å². The molecule has 2 rings (SSSR count). The zero-order chi connectivity index (χ0) is 12.6. The maximum Gasteiger partial charge on any atom is 0.0847 e. The van der Waals surface area contributed by atoms with Crippen LogP contribution >= 0.6 is 15.9 Å². The smallest absolute Gasteiger partial charge is 0.0847 e. The zero-order valence-electron chi connectivity index (χ0n) is 10.7. The maximum atomic E-state index is 6.41. The van der Waals surface area contributed by atoms with E-state index in [0.717, 1.165) is 23.9 Å². The summed E-state index contributed by atoms with van der Waals surface area (Å²) in [4.78, 5) is 0. The largest absolute Gasteiger partial charge is 0.373 e. The van der Waals surface area contributed by atoms with Crippen molar-refractivity contribution in [1.29, 1.82) is 0 Å². The lowest BCUT2D eigenvalue weighted by molar-refractivity contribution is -0.00190. The average molecular weight is 298 g/mol. The van der Waals surface area contributed by atoms with Crippen LogP contribution in [0.15, 0.2) is 16.6 Å². The van der Waals surface area contributed by atoms with Crippen LogP contribution in [0.4, 0.5) is 0 Å². The number of hydrogen-bond acceptors (Lipinski definition) is 2. The van der Waals surface area contributed by atoms with Gasteiger partial charge in [0.05, 0.1) is 11.6 Å². The Labute approximate surface area is 112 Å². The predicted octanol–water partition coefficient (Wildman–Crippen LogP) is 3.63. The Morgan fingerprint density at radius 3 is 2.65 bits per heavy atom. The molecule has 0 aliphatic carbocycles. The number of aryl methyl sites for hydroxylation is 2. The first-order valence-electron chi connectivity index (χ1n) is 6.10. The zero-order valence-corrected chi connectivity index (χ0v) is 12.3. The normalized spacial score (nSPS) is 26.2. The van der Waals surface area contributed by atoms with E-state index in [0.29, 0.717) is 0 Å². The Balaban J connectivity index is 2.36. The van der Waals surface area contributed by atoms with Crippen molar-refractivity contribution >= 4 is 15.9 Å². The van der Waals surface area contributed by atoms with Gasteiger partial charge in [-0.2, -0.15) is 0 Å². The quantitative estimate of drug-likeness (QED) is 0.905. The van der Waals surface area contributed by atoms with Crippen LogP contribution in [0.25, 0.3) is 0 Å². The summed E-state index contributed by atoms with van der Waals surface area (Å²) in [7, 11) is 0. The van der Waals surface area contributed by atoms with Gasteiger partial charge in [-0.25, -0.2) is 0 Å². The SMILES string of the molecule is Cc1cc(C(N)C2(C)CCCO2)c(C)cc1Br. The van der Waals surface area contributed by atoms with Gasteiger partial charge in [-0.1, -0.05) is 22.0 Å². The first kappa shape index (κ1) is 13.1. The fourth-order valence-corrected chi connectivity index (χ4v) is 2.97. The third-order valence-corrected chi connectivity index (χ3v) is 4.64. The molecule has 94 valence electrons. The van der Waals surface area contributed by atoms with Crippen molar-refractivity contribution in [1.82, 2.24) is 0 Å². The summed E-state index contributed by atoms with van der Waals surface area (Å²) in [6.45, 7) is 7.16. The number of halogens is 1. The number of nitrogens with two attached hydrogens (primary N) is 1. The molecular weight excluding hydrogens is 278 g/mol. The molecule has 2 N–H and O–H groups in total. The van der Waals surface area contributed by atoms with Crippen LogP contribution in [0.5, 0.6) is 0 Å². The minimum atomic E-state index is -0.203. The summed E-state index contributed by atoms with van der Waals surface area (Å²) in [5, 5.41) is 0. The molecule has 1 aliphatic heterocycles. The van der Waals surface area contributed by atoms with E-state index < -0.39 is 0 Å². The van der Waals surface area contributed by atoms with Crippen LogP contribution in [0.2, 0.25) is 0 Å². The van der Waals surface area contributed by atoms with Crippen LogP contribution in [-0.4, -0.2) is 12.2 Å². The third-order valence-electron chi connectivity index (χ3n) is 3.79. The van der Waals surface area contributed by atoms with Crippen molar-refractivity contribution in [3.8, 4) is 0 Å². The van der Waals surface area contributed by atoms with E-state index in [-0.39, 0.29) is 11.6 Å². The van der Waals surface area contributed by atoms with Gasteiger partial charge in [0, 0.05) is 11.1 Å². The van der Waals surface area contributed by atoms with Gasteiger partial charge in [0.25, 0.3) is 0 Å². The molecule has 1 fully saturated rings. The molecule has 1 heterocycles. The van der Waals surface area contributed by atoms with Gasteiger partial charge < -0.3 is 10.5 Å². The summed E-state index contributed by atoms with van der Waals surface area (Å²) >= 11 is 3.55. The van der Waals surface area contributed by atoms with Gasteiger partial charge in [-0.05, 0) is 56.4 Å². The lowest BCUT2D eigenvalue weighted by atomic mass is 9.86. The number of hydrogen-bond donors (Lipinski definition) is 1. The van der Waals surface area contributed by atoms with E-state index >= 15 is 0 Å². The summed E-state index contributed by atoms with van der Waals surface area (Å²) in [6, 6.07) is 4.27. The first-order chi connectivity index (χ1) is 7.94. The van der Waals surface area contributed by atoms with Crippen LogP contribution in [0, 0.1) is 13.8 Å². The molecule has 0 spiro atoms. The fraction of sp³-hybridized carbons (Fsp3) is 0.571. The second-order valence-corrected chi connectivity index (χ2v) is 6.05. The summed E-state index contributed by atoms with van der Waals surface area (Å²) < 4.78 is 6.99. The van der Waals surface area contributed by atoms with E-state index in [4.69, 9.17) is 10.5 Å². The second kappa shape index (κ2) is 4.71. The lowest BCUT2D eigenvalue weighted by Gasteiger charge is -2.32. The van der Waals surface area contributed by atoms with E-state index in [1.54, 1.807) is 0 Å². The first-order valence-corrected chi connectivity index (χ1v) is 6.89. The minimum absolute atomic E-state index is 0.0446. The van der Waals surface area contributed by atoms with Gasteiger partial charge in [0.15, 0.2) is 0 Å². The molecule has 2 unspecified atom stereocenters. The number of ether oxygens (including phenoxy) is 1. The number of benzene rings is 1. The van der Waals surface area contributed by atoms with Crippen LogP contribution in [-0.2, 0) is 4.74 Å². The Hall–Kier alpha value is -0.380. The lowest BCUT2D eigenvalue weighted by Crippen LogP contribution is -2.38. The van der Waals surface area contributed by atoms with Gasteiger partial charge in [-0.3, -0.25) is 0 Å². The van der Waals surface area contributed by atoms with E-state index in [2.05, 4.69) is 48.8 Å². The second-order valence-electron chi connectivity index (χ2n) is 5.20. The van der Waals surface area contributed by atoms with Gasteiger partial charge in [0.1, 0.15) is 0 Å². The van der Waals surface area contributed by atoms with Gasteiger partial charge in [-0.15, -0.1) is 0 Å². The van der Waals surface area contributed by atoms with Crippen molar-refractivity contribution in [2.24, 2.45) is 5.73 Å². The highest BCUT2D eigenvalue weighted by Gasteiger charge is 2.37. The highest BCUT2D eigenvalue weighted by Crippen LogP contribution is 2.37. The van der Waals surface area contributed by atoms with Crippen molar-refractivity contribution in [3.05, 3.63) is 33.3 Å². The minimum Gasteiger partial charge on any atom is -0.373 e. The summed E-state index contributed by atoms with van der Waals surface area (Å²) in [5.74, 6) is 0. The predicted molar refractivity (Wildman–Crippen MR) is 74.1 cm³/mol. The molecular formula is C14H20BrNO. The van der Waals surface area contributed by atoms with Crippen LogP contribution in [0.1, 0.15) is 42.5 Å². The van der Waals surface area contributed by atoms with Gasteiger partial charge >= 0.3 is 0 Å². The Kier molecular flexibility index (Phi) is 3.62. The van der Waals surface area contributed by atoms with Gasteiger partial charge in [0.2, 0.25) is 0 Å². The standard InChI is InChI=1S/C14H20BrNO/c1-9-8-12(15)10(2)7-11(9)13(16)14(3)5-4-6-17-14/h7-8,13H,4-6,16H2,1-3H3. The highest BCUT2D eigenvalue weighted by atomic mass is 79.9. The Morgan fingerprint density at radius 2 is 2.06 bits per heavy atom. The van der Waals surface area contributed by atoms with Crippen LogP contribution in [0.3, 0.4) is 0 Å². The summed E-state index contributed by atoms with van der Waals surface area (Å²) in [6.07, 6.45) is 2.15. The molecule has 0 amide bonds. The average Bonchev–Trinajstić information content (AvgIpc) is 2.71. The molecule has 3 heteroatoms. The Morgan fingerprint density at radius 1 is 1.35 bits per heavy atom. The van der Waals surface area contributed by atoms with Crippen molar-refractivity contribution in [3.63, 3.8) is 0 Å². The fourth-order valence-electron chi connectivity index (χ4n) is 2.51. The number of rotatable bonds is 2. The monoisotopic (exact) mass is 297 g/mol. The highest BCUT2D eigenvalue weighted by molar-refractivity contribution is 9.10. The molecule has 0 saturated carbocycles. The molecule has 0 radical (unpaired) electrons. The third kappa shape index (κ3) is 2.42. The molecule has 2 atom stereocenters. The van der Waals surface area contributed by atoms with Crippen molar-refractivity contribution in [2.45, 2.75) is 45.3 Å². The molecule has 1 aliphatic rings. The molecule has 17 heavy (non-hydrogen) atoms. The molecule has 1 aromatic carbocycles. The molecule has 2 nitrogen and oxygen atoms in total. The molecule has 1 aromatic rings. The van der Waals surface area contributed by atoms with E-state index in [9.17, 15) is 0 Å². The Bertz CT molecular complexity index is 424. The molecule has 1 saturated heterocycles. The summed E-state index contributed by atoms with van der Waals surface area (Å²) in [5.41, 5.74) is 9.87. The molecule has 0 bridgehead atoms. The van der Waals surface area contributed by atoms with Crippen molar-refractivity contribution < 1.29 is 4.74 Å². The molecule has 0 aromatic heterocycles. The maximum absolute atomic E-state index is 6.41.